The van der Waals surface area contributed by atoms with Gasteiger partial charge in [-0.05, 0) is 68.9 Å². The van der Waals surface area contributed by atoms with Gasteiger partial charge in [-0.3, -0.25) is 4.79 Å². The molecule has 1 fully saturated rings. The lowest BCUT2D eigenvalue weighted by Gasteiger charge is -2.32. The molecular weight excluding hydrogens is 396 g/mol. The van der Waals surface area contributed by atoms with E-state index in [0.717, 1.165) is 17.5 Å². The summed E-state index contributed by atoms with van der Waals surface area (Å²) in [7, 11) is -3.59. The smallest absolute Gasteiger partial charge is 0.243 e. The fourth-order valence-electron chi connectivity index (χ4n) is 3.93. The minimum atomic E-state index is -3.59. The van der Waals surface area contributed by atoms with Gasteiger partial charge in [-0.2, -0.15) is 4.31 Å². The summed E-state index contributed by atoms with van der Waals surface area (Å²) in [5.74, 6) is -0.400. The van der Waals surface area contributed by atoms with Gasteiger partial charge in [0.05, 0.1) is 16.9 Å². The number of amides is 1. The van der Waals surface area contributed by atoms with Crippen molar-refractivity contribution in [2.24, 2.45) is 5.92 Å². The van der Waals surface area contributed by atoms with Gasteiger partial charge in [0, 0.05) is 13.1 Å². The maximum Gasteiger partial charge on any atom is 0.243 e. The Kier molecular flexibility index (Phi) is 6.98. The molecule has 3 rings (SSSR count). The van der Waals surface area contributed by atoms with Crippen LogP contribution in [0.25, 0.3) is 0 Å². The summed E-state index contributed by atoms with van der Waals surface area (Å²) in [6.07, 6.45) is 2.17. The molecule has 1 amide bonds. The highest BCUT2D eigenvalue weighted by Gasteiger charge is 2.33. The van der Waals surface area contributed by atoms with Gasteiger partial charge < -0.3 is 5.32 Å². The zero-order valence-electron chi connectivity index (χ0n) is 18.3. The van der Waals surface area contributed by atoms with Gasteiger partial charge in [-0.15, -0.1) is 0 Å². The Hall–Kier alpha value is -2.18. The first-order chi connectivity index (χ1) is 14.2. The molecule has 0 radical (unpaired) electrons. The van der Waals surface area contributed by atoms with Crippen molar-refractivity contribution in [2.75, 3.05) is 13.1 Å². The van der Waals surface area contributed by atoms with Crippen LogP contribution >= 0.6 is 0 Å². The lowest BCUT2D eigenvalue weighted by molar-refractivity contribution is -0.126. The molecule has 2 aromatic carbocycles. The molecule has 5 nitrogen and oxygen atoms in total. The van der Waals surface area contributed by atoms with Crippen LogP contribution in [0.4, 0.5) is 0 Å². The summed E-state index contributed by atoms with van der Waals surface area (Å²) in [5.41, 5.74) is 4.54. The number of piperidine rings is 1. The van der Waals surface area contributed by atoms with E-state index < -0.39 is 10.0 Å². The molecule has 1 N–H and O–H groups in total. The van der Waals surface area contributed by atoms with E-state index in [1.165, 1.54) is 15.4 Å². The molecule has 1 aliphatic rings. The van der Waals surface area contributed by atoms with Crippen molar-refractivity contribution in [1.29, 1.82) is 0 Å². The van der Waals surface area contributed by atoms with E-state index in [9.17, 15) is 13.2 Å². The normalized spacial score (nSPS) is 18.7. The largest absolute Gasteiger partial charge is 0.349 e. The van der Waals surface area contributed by atoms with Crippen LogP contribution in [0.5, 0.6) is 0 Å². The molecule has 2 atom stereocenters. The van der Waals surface area contributed by atoms with E-state index in [4.69, 9.17) is 0 Å². The molecule has 0 aromatic heterocycles. The van der Waals surface area contributed by atoms with E-state index in [-0.39, 0.29) is 29.3 Å². The zero-order valence-corrected chi connectivity index (χ0v) is 19.1. The highest BCUT2D eigenvalue weighted by molar-refractivity contribution is 7.89. The van der Waals surface area contributed by atoms with Crippen molar-refractivity contribution < 1.29 is 13.2 Å². The number of carbonyl (C=O) groups excluding carboxylic acids is 1. The molecule has 2 aromatic rings. The molecule has 0 saturated carbocycles. The fraction of sp³-hybridized carbons (Fsp3) is 0.458. The van der Waals surface area contributed by atoms with Crippen molar-refractivity contribution in [2.45, 2.75) is 57.9 Å². The number of nitrogens with one attached hydrogen (secondary N) is 1. The van der Waals surface area contributed by atoms with Crippen LogP contribution in [0.15, 0.2) is 47.4 Å². The summed E-state index contributed by atoms with van der Waals surface area (Å²) in [5, 5.41) is 3.16. The van der Waals surface area contributed by atoms with Crippen molar-refractivity contribution in [3.8, 4) is 0 Å². The van der Waals surface area contributed by atoms with E-state index >= 15 is 0 Å². The monoisotopic (exact) mass is 428 g/mol. The Morgan fingerprint density at radius 1 is 1.10 bits per heavy atom. The molecule has 1 aliphatic heterocycles. The number of hydrogen-bond acceptors (Lipinski definition) is 3. The number of carbonyl (C=O) groups is 1. The highest BCUT2D eigenvalue weighted by atomic mass is 32.2. The highest BCUT2D eigenvalue weighted by Crippen LogP contribution is 2.26. The summed E-state index contributed by atoms with van der Waals surface area (Å²) >= 11 is 0. The van der Waals surface area contributed by atoms with Crippen LogP contribution in [-0.2, 0) is 14.8 Å². The molecule has 0 spiro atoms. The molecule has 0 aliphatic carbocycles. The second-order valence-corrected chi connectivity index (χ2v) is 10.3. The number of sulfonamides is 1. The molecule has 6 heteroatoms. The maximum atomic E-state index is 13.0. The lowest BCUT2D eigenvalue weighted by atomic mass is 9.96. The fourth-order valence-corrected chi connectivity index (χ4v) is 5.45. The first kappa shape index (κ1) is 22.5. The van der Waals surface area contributed by atoms with Gasteiger partial charge in [-0.1, -0.05) is 42.8 Å². The maximum absolute atomic E-state index is 13.0. The molecular formula is C24H32N2O3S. The third-order valence-corrected chi connectivity index (χ3v) is 7.95. The number of benzene rings is 2. The topological polar surface area (TPSA) is 66.5 Å². The van der Waals surface area contributed by atoms with Gasteiger partial charge in [0.1, 0.15) is 0 Å². The number of aryl methyl sites for hydroxylation is 3. The summed E-state index contributed by atoms with van der Waals surface area (Å²) < 4.78 is 27.5. The SMILES string of the molecule is CCC(NC(=O)C1CCCN(S(=O)(=O)c2ccc(C)cc2)C1)c1ccc(C)c(C)c1. The molecule has 162 valence electrons. The summed E-state index contributed by atoms with van der Waals surface area (Å²) in [4.78, 5) is 13.3. The van der Waals surface area contributed by atoms with E-state index in [1.54, 1.807) is 24.3 Å². The lowest BCUT2D eigenvalue weighted by Crippen LogP contribution is -2.46. The third-order valence-electron chi connectivity index (χ3n) is 6.07. The zero-order chi connectivity index (χ0) is 21.9. The number of nitrogens with zero attached hydrogens (tertiary/aromatic N) is 1. The third kappa shape index (κ3) is 4.93. The van der Waals surface area contributed by atoms with E-state index in [2.05, 4.69) is 44.3 Å². The minimum absolute atomic E-state index is 0.0658. The average molecular weight is 429 g/mol. The average Bonchev–Trinajstić information content (AvgIpc) is 2.74. The minimum Gasteiger partial charge on any atom is -0.349 e. The molecule has 2 unspecified atom stereocenters. The van der Waals surface area contributed by atoms with Gasteiger partial charge in [0.25, 0.3) is 0 Å². The molecule has 1 heterocycles. The van der Waals surface area contributed by atoms with Crippen molar-refractivity contribution >= 4 is 15.9 Å². The Morgan fingerprint density at radius 3 is 2.43 bits per heavy atom. The molecule has 1 saturated heterocycles. The van der Waals surface area contributed by atoms with Crippen molar-refractivity contribution in [3.63, 3.8) is 0 Å². The predicted molar refractivity (Wildman–Crippen MR) is 120 cm³/mol. The van der Waals surface area contributed by atoms with Crippen LogP contribution in [0.1, 0.15) is 54.5 Å². The van der Waals surface area contributed by atoms with Crippen molar-refractivity contribution in [3.05, 3.63) is 64.7 Å². The Bertz CT molecular complexity index is 1000. The van der Waals surface area contributed by atoms with Crippen LogP contribution < -0.4 is 5.32 Å². The van der Waals surface area contributed by atoms with Gasteiger partial charge in [0.2, 0.25) is 15.9 Å². The van der Waals surface area contributed by atoms with Crippen molar-refractivity contribution in [1.82, 2.24) is 9.62 Å². The predicted octanol–water partition coefficient (Wildman–Crippen LogP) is 4.28. The summed E-state index contributed by atoms with van der Waals surface area (Å²) in [6.45, 7) is 8.80. The van der Waals surface area contributed by atoms with Crippen LogP contribution in [0.3, 0.4) is 0 Å². The quantitative estimate of drug-likeness (QED) is 0.747. The van der Waals surface area contributed by atoms with Crippen LogP contribution in [0.2, 0.25) is 0 Å². The Morgan fingerprint density at radius 2 is 1.80 bits per heavy atom. The second-order valence-electron chi connectivity index (χ2n) is 8.33. The van der Waals surface area contributed by atoms with Gasteiger partial charge >= 0.3 is 0 Å². The molecule has 0 bridgehead atoms. The first-order valence-electron chi connectivity index (χ1n) is 10.7. The first-order valence-corrected chi connectivity index (χ1v) is 12.1. The Labute approximate surface area is 180 Å². The van der Waals surface area contributed by atoms with Crippen LogP contribution in [-0.4, -0.2) is 31.7 Å². The van der Waals surface area contributed by atoms with E-state index in [0.29, 0.717) is 19.4 Å². The second kappa shape index (κ2) is 9.31. The Balaban J connectivity index is 1.71. The number of rotatable bonds is 6. The summed E-state index contributed by atoms with van der Waals surface area (Å²) in [6, 6.07) is 13.1. The number of hydrogen-bond donors (Lipinski definition) is 1. The standard InChI is InChI=1S/C24H32N2O3S/c1-5-23(20-11-10-18(3)19(4)15-20)25-24(27)21-7-6-14-26(16-21)30(28,29)22-12-8-17(2)9-13-22/h8-13,15,21,23H,5-7,14,16H2,1-4H3,(H,25,27). The van der Waals surface area contributed by atoms with Gasteiger partial charge in [-0.25, -0.2) is 8.42 Å². The van der Waals surface area contributed by atoms with Crippen LogP contribution in [0, 0.1) is 26.7 Å². The van der Waals surface area contributed by atoms with E-state index in [1.807, 2.05) is 6.92 Å². The van der Waals surface area contributed by atoms with Gasteiger partial charge in [0.15, 0.2) is 0 Å². The molecule has 30 heavy (non-hydrogen) atoms.